The van der Waals surface area contributed by atoms with E-state index >= 15 is 0 Å². The molecule has 1 amide bonds. The first-order valence-electron chi connectivity index (χ1n) is 15.7. The molecule has 1 unspecified atom stereocenters. The topological polar surface area (TPSA) is 78.9 Å². The summed E-state index contributed by atoms with van der Waals surface area (Å²) in [5.74, 6) is 0.738. The van der Waals surface area contributed by atoms with E-state index in [0.717, 1.165) is 62.7 Å². The molecule has 3 aromatic rings. The molecular weight excluding hydrogens is 506 g/mol. The molecule has 1 aromatic carbocycles. The lowest BCUT2D eigenvalue weighted by atomic mass is 9.88. The Kier molecular flexibility index (Phi) is 13.3. The van der Waals surface area contributed by atoms with Gasteiger partial charge in [0.2, 0.25) is 5.91 Å². The fourth-order valence-electron chi connectivity index (χ4n) is 5.77. The molecular formula is C35H49N5O. The molecule has 0 saturated heterocycles. The Morgan fingerprint density at radius 2 is 1.71 bits per heavy atom. The first kappa shape index (κ1) is 30.9. The Morgan fingerprint density at radius 3 is 2.46 bits per heavy atom. The minimum Gasteiger partial charge on any atom is -0.350 e. The van der Waals surface area contributed by atoms with Crippen molar-refractivity contribution < 1.29 is 4.79 Å². The fraction of sp³-hybridized carbons (Fsp3) is 0.514. The molecule has 2 heterocycles. The number of nitrogens with one attached hydrogen (secondary N) is 3. The van der Waals surface area contributed by atoms with E-state index in [1.165, 1.54) is 43.2 Å². The van der Waals surface area contributed by atoms with Gasteiger partial charge in [0.25, 0.3) is 0 Å². The predicted octanol–water partition coefficient (Wildman–Crippen LogP) is 6.33. The molecule has 0 radical (unpaired) electrons. The van der Waals surface area contributed by atoms with Crippen molar-refractivity contribution in [2.75, 3.05) is 13.1 Å². The summed E-state index contributed by atoms with van der Waals surface area (Å²) in [4.78, 5) is 22.1. The van der Waals surface area contributed by atoms with Crippen LogP contribution in [0.15, 0.2) is 73.1 Å². The van der Waals surface area contributed by atoms with Crippen molar-refractivity contribution in [1.82, 2.24) is 25.9 Å². The summed E-state index contributed by atoms with van der Waals surface area (Å²) >= 11 is 0. The van der Waals surface area contributed by atoms with Crippen molar-refractivity contribution in [3.05, 3.63) is 95.6 Å². The van der Waals surface area contributed by atoms with E-state index in [0.29, 0.717) is 18.9 Å². The summed E-state index contributed by atoms with van der Waals surface area (Å²) in [6.07, 6.45) is 15.2. The maximum atomic E-state index is 13.0. The molecule has 6 heteroatoms. The van der Waals surface area contributed by atoms with E-state index in [9.17, 15) is 4.79 Å². The molecule has 0 bridgehead atoms. The van der Waals surface area contributed by atoms with Gasteiger partial charge >= 0.3 is 0 Å². The third kappa shape index (κ3) is 11.7. The van der Waals surface area contributed by atoms with Gasteiger partial charge in [-0.3, -0.25) is 14.8 Å². The van der Waals surface area contributed by atoms with Gasteiger partial charge in [-0.15, -0.1) is 0 Å². The van der Waals surface area contributed by atoms with Crippen LogP contribution in [0.25, 0.3) is 0 Å². The highest BCUT2D eigenvalue weighted by Crippen LogP contribution is 2.25. The number of hydrogen-bond donors (Lipinski definition) is 3. The van der Waals surface area contributed by atoms with Gasteiger partial charge in [-0.1, -0.05) is 68.7 Å². The van der Waals surface area contributed by atoms with Crippen molar-refractivity contribution in [2.24, 2.45) is 5.92 Å². The first-order valence-corrected chi connectivity index (χ1v) is 15.7. The Labute approximate surface area is 247 Å². The van der Waals surface area contributed by atoms with E-state index in [2.05, 4.69) is 69.2 Å². The fourth-order valence-corrected chi connectivity index (χ4v) is 5.77. The molecule has 1 aliphatic rings. The quantitative estimate of drug-likeness (QED) is 0.170. The zero-order valence-electron chi connectivity index (χ0n) is 24.9. The van der Waals surface area contributed by atoms with Crippen molar-refractivity contribution in [1.29, 1.82) is 0 Å². The van der Waals surface area contributed by atoms with Crippen LogP contribution in [0.5, 0.6) is 0 Å². The molecule has 220 valence electrons. The number of benzene rings is 1. The first-order chi connectivity index (χ1) is 20.2. The van der Waals surface area contributed by atoms with Crippen LogP contribution in [0.1, 0.15) is 93.1 Å². The minimum atomic E-state index is 0.0887. The third-order valence-electron chi connectivity index (χ3n) is 8.29. The number of carbonyl (C=O) groups excluding carboxylic acids is 1. The third-order valence-corrected chi connectivity index (χ3v) is 8.29. The molecule has 1 aliphatic carbocycles. The number of aromatic nitrogens is 2. The van der Waals surface area contributed by atoms with E-state index in [1.54, 1.807) is 0 Å². The van der Waals surface area contributed by atoms with Gasteiger partial charge in [-0.05, 0) is 92.8 Å². The van der Waals surface area contributed by atoms with Crippen molar-refractivity contribution in [3.8, 4) is 0 Å². The lowest BCUT2D eigenvalue weighted by Crippen LogP contribution is -2.33. The van der Waals surface area contributed by atoms with Gasteiger partial charge in [0, 0.05) is 37.1 Å². The van der Waals surface area contributed by atoms with Crippen LogP contribution in [0.4, 0.5) is 0 Å². The lowest BCUT2D eigenvalue weighted by Gasteiger charge is -2.22. The lowest BCUT2D eigenvalue weighted by molar-refractivity contribution is -0.122. The van der Waals surface area contributed by atoms with Crippen LogP contribution in [0.3, 0.4) is 0 Å². The zero-order valence-corrected chi connectivity index (χ0v) is 24.9. The summed E-state index contributed by atoms with van der Waals surface area (Å²) < 4.78 is 0. The van der Waals surface area contributed by atoms with E-state index < -0.39 is 0 Å². The molecule has 2 aromatic heterocycles. The number of pyridine rings is 2. The van der Waals surface area contributed by atoms with Gasteiger partial charge < -0.3 is 16.0 Å². The molecule has 6 nitrogen and oxygen atoms in total. The van der Waals surface area contributed by atoms with Crippen LogP contribution >= 0.6 is 0 Å². The summed E-state index contributed by atoms with van der Waals surface area (Å²) in [7, 11) is 0. The molecule has 3 N–H and O–H groups in total. The van der Waals surface area contributed by atoms with Crippen molar-refractivity contribution in [2.45, 2.75) is 96.2 Å². The number of hydrogen-bond acceptors (Lipinski definition) is 5. The summed E-state index contributed by atoms with van der Waals surface area (Å²) in [5, 5.41) is 10.3. The van der Waals surface area contributed by atoms with E-state index in [1.807, 2.05) is 36.7 Å². The van der Waals surface area contributed by atoms with Gasteiger partial charge in [-0.2, -0.15) is 0 Å². The summed E-state index contributed by atoms with van der Waals surface area (Å²) in [6.45, 7) is 5.59. The number of amides is 1. The van der Waals surface area contributed by atoms with Crippen LogP contribution < -0.4 is 16.0 Å². The molecule has 1 fully saturated rings. The second-order valence-corrected chi connectivity index (χ2v) is 11.7. The second-order valence-electron chi connectivity index (χ2n) is 11.7. The van der Waals surface area contributed by atoms with E-state index in [-0.39, 0.29) is 11.8 Å². The van der Waals surface area contributed by atoms with Crippen LogP contribution in [0, 0.1) is 5.92 Å². The Morgan fingerprint density at radius 1 is 0.878 bits per heavy atom. The molecule has 1 saturated carbocycles. The standard InChI is InChI=1S/C35H49N5O/c1-28(34-15-8-9-21-38-34)16-17-30(23-29-11-4-2-5-12-29)24-35(41)40-27-33-19-18-31(26-39-33)25-36-20-10-22-37-32-13-6-3-7-14-32/h2,4-5,8-9,11-12,15,18-19,21,26,28,30,32,36-37H,3,6-7,10,13-14,16-17,20,22-25,27H2,1H3,(H,40,41)/t28?,30-/m1/s1. The number of nitrogens with zero attached hydrogens (tertiary/aromatic N) is 2. The normalized spacial score (nSPS) is 15.3. The van der Waals surface area contributed by atoms with Crippen molar-refractivity contribution >= 4 is 5.91 Å². The molecule has 41 heavy (non-hydrogen) atoms. The maximum absolute atomic E-state index is 13.0. The molecule has 4 rings (SSSR count). The van der Waals surface area contributed by atoms with Gasteiger partial charge in [0.15, 0.2) is 0 Å². The highest BCUT2D eigenvalue weighted by molar-refractivity contribution is 5.76. The smallest absolute Gasteiger partial charge is 0.220 e. The average molecular weight is 556 g/mol. The summed E-state index contributed by atoms with van der Waals surface area (Å²) in [6, 6.07) is 21.5. The van der Waals surface area contributed by atoms with Gasteiger partial charge in [0.05, 0.1) is 12.2 Å². The van der Waals surface area contributed by atoms with Crippen LogP contribution in [-0.2, 0) is 24.3 Å². The van der Waals surface area contributed by atoms with Gasteiger partial charge in [0.1, 0.15) is 0 Å². The Balaban J connectivity index is 1.16. The summed E-state index contributed by atoms with van der Waals surface area (Å²) in [5.41, 5.74) is 4.46. The molecule has 0 spiro atoms. The van der Waals surface area contributed by atoms with Gasteiger partial charge in [-0.25, -0.2) is 0 Å². The second kappa shape index (κ2) is 17.7. The zero-order chi connectivity index (χ0) is 28.5. The van der Waals surface area contributed by atoms with Crippen LogP contribution in [0.2, 0.25) is 0 Å². The Bertz CT molecular complexity index is 1120. The number of carbonyl (C=O) groups is 1. The average Bonchev–Trinajstić information content (AvgIpc) is 3.02. The van der Waals surface area contributed by atoms with E-state index in [4.69, 9.17) is 0 Å². The predicted molar refractivity (Wildman–Crippen MR) is 167 cm³/mol. The van der Waals surface area contributed by atoms with Crippen molar-refractivity contribution in [3.63, 3.8) is 0 Å². The molecule has 0 aliphatic heterocycles. The Hall–Kier alpha value is -3.09. The molecule has 2 atom stereocenters. The minimum absolute atomic E-state index is 0.0887. The van der Waals surface area contributed by atoms with Crippen LogP contribution in [-0.4, -0.2) is 35.0 Å². The maximum Gasteiger partial charge on any atom is 0.220 e. The largest absolute Gasteiger partial charge is 0.350 e. The highest BCUT2D eigenvalue weighted by Gasteiger charge is 2.17. The monoisotopic (exact) mass is 555 g/mol. The number of rotatable bonds is 17. The highest BCUT2D eigenvalue weighted by atomic mass is 16.1. The SMILES string of the molecule is CC(CC[C@@H](CC(=O)NCc1ccc(CNCCCNC2CCCCC2)cn1)Cc1ccccc1)c1ccccn1.